The molecule has 0 atom stereocenters. The van der Waals surface area contributed by atoms with Crippen LogP contribution >= 0.6 is 15.9 Å². The fraction of sp³-hybridized carbons (Fsp3) is 0.381. The minimum Gasteiger partial charge on any atom is -0.325 e. The first kappa shape index (κ1) is 20.5. The third kappa shape index (κ3) is 6.14. The number of carbonyl (C=O) groups is 2. The molecule has 0 bridgehead atoms. The lowest BCUT2D eigenvalue weighted by Gasteiger charge is -2.21. The van der Waals surface area contributed by atoms with Crippen LogP contribution in [0.4, 0.5) is 11.5 Å². The van der Waals surface area contributed by atoms with Crippen LogP contribution in [-0.2, 0) is 9.59 Å². The second kappa shape index (κ2) is 9.30. The second-order valence-electron chi connectivity index (χ2n) is 7.23. The number of pyridine rings is 1. The lowest BCUT2D eigenvalue weighted by Crippen LogP contribution is -2.37. The van der Waals surface area contributed by atoms with Gasteiger partial charge in [-0.3, -0.25) is 14.5 Å². The topological polar surface area (TPSA) is 74.3 Å². The number of halogens is 1. The van der Waals surface area contributed by atoms with Crippen LogP contribution in [0.1, 0.15) is 30.4 Å². The Labute approximate surface area is 173 Å². The highest BCUT2D eigenvalue weighted by Crippen LogP contribution is 2.27. The first-order valence-corrected chi connectivity index (χ1v) is 10.2. The molecule has 1 aromatic carbocycles. The molecule has 1 fully saturated rings. The predicted molar refractivity (Wildman–Crippen MR) is 114 cm³/mol. The summed E-state index contributed by atoms with van der Waals surface area (Å²) in [6.45, 7) is 4.83. The van der Waals surface area contributed by atoms with Crippen LogP contribution < -0.4 is 10.6 Å². The predicted octanol–water partition coefficient (Wildman–Crippen LogP) is 3.89. The monoisotopic (exact) mass is 444 g/mol. The molecule has 1 saturated carbocycles. The van der Waals surface area contributed by atoms with Gasteiger partial charge in [0.25, 0.3) is 0 Å². The van der Waals surface area contributed by atoms with E-state index in [0.717, 1.165) is 34.1 Å². The zero-order valence-corrected chi connectivity index (χ0v) is 17.8. The van der Waals surface area contributed by atoms with E-state index in [-0.39, 0.29) is 11.8 Å². The Kier molecular flexibility index (Phi) is 6.80. The van der Waals surface area contributed by atoms with Gasteiger partial charge in [-0.2, -0.15) is 0 Å². The maximum absolute atomic E-state index is 12.5. The van der Waals surface area contributed by atoms with Crippen molar-refractivity contribution in [3.63, 3.8) is 0 Å². The van der Waals surface area contributed by atoms with Gasteiger partial charge in [-0.25, -0.2) is 4.98 Å². The maximum atomic E-state index is 12.5. The molecule has 0 spiro atoms. The molecule has 2 amide bonds. The van der Waals surface area contributed by atoms with Crippen LogP contribution in [0.3, 0.4) is 0 Å². The number of amides is 2. The van der Waals surface area contributed by atoms with E-state index in [0.29, 0.717) is 31.4 Å². The minimum atomic E-state index is -0.101. The molecule has 7 heteroatoms. The molecule has 1 aromatic heterocycles. The number of carbonyl (C=O) groups excluding carboxylic acids is 2. The number of anilines is 2. The average molecular weight is 445 g/mol. The normalized spacial score (nSPS) is 13.4. The maximum Gasteiger partial charge on any atom is 0.238 e. The molecule has 3 rings (SSSR count). The summed E-state index contributed by atoms with van der Waals surface area (Å²) in [4.78, 5) is 31.0. The molecule has 148 valence electrons. The highest BCUT2D eigenvalue weighted by Gasteiger charge is 2.30. The van der Waals surface area contributed by atoms with Gasteiger partial charge >= 0.3 is 0 Å². The van der Waals surface area contributed by atoms with Crippen LogP contribution in [0.25, 0.3) is 0 Å². The summed E-state index contributed by atoms with van der Waals surface area (Å²) in [6, 6.07) is 9.98. The second-order valence-corrected chi connectivity index (χ2v) is 8.14. The van der Waals surface area contributed by atoms with Gasteiger partial charge in [-0.15, -0.1) is 0 Å². The van der Waals surface area contributed by atoms with Gasteiger partial charge in [-0.05, 0) is 71.9 Å². The quantitative estimate of drug-likeness (QED) is 0.647. The number of hydrogen-bond donors (Lipinski definition) is 2. The largest absolute Gasteiger partial charge is 0.325 e. The lowest BCUT2D eigenvalue weighted by atomic mass is 10.1. The van der Waals surface area contributed by atoms with Crippen molar-refractivity contribution in [2.45, 2.75) is 39.2 Å². The molecule has 1 heterocycles. The average Bonchev–Trinajstić information content (AvgIpc) is 3.49. The van der Waals surface area contributed by atoms with Crippen molar-refractivity contribution in [3.8, 4) is 0 Å². The fourth-order valence-electron chi connectivity index (χ4n) is 2.98. The molecule has 0 aliphatic heterocycles. The summed E-state index contributed by atoms with van der Waals surface area (Å²) in [5.74, 6) is 0.379. The van der Waals surface area contributed by atoms with Crippen LogP contribution in [0, 0.1) is 13.8 Å². The van der Waals surface area contributed by atoms with Crippen LogP contribution in [-0.4, -0.2) is 40.8 Å². The molecule has 0 radical (unpaired) electrons. The van der Waals surface area contributed by atoms with Crippen molar-refractivity contribution in [1.82, 2.24) is 9.88 Å². The fourth-order valence-corrected chi connectivity index (χ4v) is 3.21. The van der Waals surface area contributed by atoms with Gasteiger partial charge in [-0.1, -0.05) is 12.1 Å². The number of aromatic nitrogens is 1. The molecule has 1 aliphatic carbocycles. The zero-order chi connectivity index (χ0) is 20.1. The Hall–Kier alpha value is -2.25. The standard InChI is InChI=1S/C21H25BrN4O2/c1-14-3-4-15(2)18(11-14)24-21(28)13-26(17-6-7-17)10-9-20(27)25-19-8-5-16(22)12-23-19/h3-5,8,11-12,17H,6-7,9-10,13H2,1-2H3,(H,24,28)(H,23,25,27). The van der Waals surface area contributed by atoms with Crippen molar-refractivity contribution in [2.75, 3.05) is 23.7 Å². The van der Waals surface area contributed by atoms with Gasteiger partial charge in [0.2, 0.25) is 11.8 Å². The molecule has 0 saturated heterocycles. The number of aryl methyl sites for hydroxylation is 2. The smallest absolute Gasteiger partial charge is 0.238 e. The Morgan fingerprint density at radius 2 is 1.93 bits per heavy atom. The van der Waals surface area contributed by atoms with Crippen molar-refractivity contribution in [2.24, 2.45) is 0 Å². The van der Waals surface area contributed by atoms with Crippen molar-refractivity contribution in [3.05, 3.63) is 52.1 Å². The van der Waals surface area contributed by atoms with Gasteiger partial charge in [0, 0.05) is 35.4 Å². The number of benzene rings is 1. The Bertz CT molecular complexity index is 850. The number of nitrogens with one attached hydrogen (secondary N) is 2. The lowest BCUT2D eigenvalue weighted by molar-refractivity contribution is -0.119. The number of hydrogen-bond acceptors (Lipinski definition) is 4. The van der Waals surface area contributed by atoms with Crippen molar-refractivity contribution in [1.29, 1.82) is 0 Å². The molecule has 28 heavy (non-hydrogen) atoms. The summed E-state index contributed by atoms with van der Waals surface area (Å²) in [5.41, 5.74) is 3.00. The van der Waals surface area contributed by atoms with E-state index in [1.165, 1.54) is 0 Å². The van der Waals surface area contributed by atoms with E-state index in [1.54, 1.807) is 12.3 Å². The summed E-state index contributed by atoms with van der Waals surface area (Å²) >= 11 is 3.32. The van der Waals surface area contributed by atoms with Gasteiger partial charge < -0.3 is 10.6 Å². The molecule has 0 unspecified atom stereocenters. The Morgan fingerprint density at radius 3 is 2.61 bits per heavy atom. The summed E-state index contributed by atoms with van der Waals surface area (Å²) in [6.07, 6.45) is 4.12. The van der Waals surface area contributed by atoms with E-state index < -0.39 is 0 Å². The molecule has 2 N–H and O–H groups in total. The van der Waals surface area contributed by atoms with Crippen molar-refractivity contribution < 1.29 is 9.59 Å². The zero-order valence-electron chi connectivity index (χ0n) is 16.2. The summed E-state index contributed by atoms with van der Waals surface area (Å²) in [5, 5.41) is 5.79. The Balaban J connectivity index is 1.50. The molecule has 6 nitrogen and oxygen atoms in total. The highest BCUT2D eigenvalue weighted by atomic mass is 79.9. The van der Waals surface area contributed by atoms with Crippen LogP contribution in [0.5, 0.6) is 0 Å². The minimum absolute atomic E-state index is 0.0458. The molecular formula is C21H25BrN4O2. The molecular weight excluding hydrogens is 420 g/mol. The number of rotatable bonds is 8. The van der Waals surface area contributed by atoms with Gasteiger partial charge in [0.1, 0.15) is 5.82 Å². The van der Waals surface area contributed by atoms with E-state index in [9.17, 15) is 9.59 Å². The van der Waals surface area contributed by atoms with Gasteiger partial charge in [0.15, 0.2) is 0 Å². The molecule has 1 aliphatic rings. The van der Waals surface area contributed by atoms with Crippen LogP contribution in [0.2, 0.25) is 0 Å². The van der Waals surface area contributed by atoms with Crippen LogP contribution in [0.15, 0.2) is 41.0 Å². The van der Waals surface area contributed by atoms with E-state index in [1.807, 2.05) is 38.1 Å². The first-order chi connectivity index (χ1) is 13.4. The molecule has 2 aromatic rings. The van der Waals surface area contributed by atoms with E-state index >= 15 is 0 Å². The summed E-state index contributed by atoms with van der Waals surface area (Å²) in [7, 11) is 0. The van der Waals surface area contributed by atoms with E-state index in [2.05, 4.69) is 36.4 Å². The SMILES string of the molecule is Cc1ccc(C)c(NC(=O)CN(CCC(=O)Nc2ccc(Br)cn2)C2CC2)c1. The van der Waals surface area contributed by atoms with E-state index in [4.69, 9.17) is 0 Å². The first-order valence-electron chi connectivity index (χ1n) is 9.43. The summed E-state index contributed by atoms with van der Waals surface area (Å²) < 4.78 is 0.861. The number of nitrogens with zero attached hydrogens (tertiary/aromatic N) is 2. The van der Waals surface area contributed by atoms with Gasteiger partial charge in [0.05, 0.1) is 6.54 Å². The van der Waals surface area contributed by atoms with Crippen molar-refractivity contribution >= 4 is 39.2 Å². The third-order valence-corrected chi connectivity index (χ3v) is 5.17. The Morgan fingerprint density at radius 1 is 1.14 bits per heavy atom. The third-order valence-electron chi connectivity index (χ3n) is 4.70. The highest BCUT2D eigenvalue weighted by molar-refractivity contribution is 9.10.